The summed E-state index contributed by atoms with van der Waals surface area (Å²) in [6.07, 6.45) is 5.69. The summed E-state index contributed by atoms with van der Waals surface area (Å²) in [5.74, 6) is 0.345. The third-order valence-electron chi connectivity index (χ3n) is 5.52. The summed E-state index contributed by atoms with van der Waals surface area (Å²) in [7, 11) is 2.78. The lowest BCUT2D eigenvalue weighted by molar-refractivity contribution is 0.102. The van der Waals surface area contributed by atoms with Crippen LogP contribution in [-0.4, -0.2) is 48.5 Å². The zero-order valence-corrected chi connectivity index (χ0v) is 17.4. The highest BCUT2D eigenvalue weighted by Gasteiger charge is 2.32. The first kappa shape index (κ1) is 19.7. The molecule has 0 bridgehead atoms. The van der Waals surface area contributed by atoms with E-state index in [0.717, 1.165) is 53.9 Å². The predicted molar refractivity (Wildman–Crippen MR) is 111 cm³/mol. The van der Waals surface area contributed by atoms with Crippen molar-refractivity contribution in [2.45, 2.75) is 43.3 Å². The number of aromatic nitrogens is 5. The molecular weight excluding hydrogens is 394 g/mol. The van der Waals surface area contributed by atoms with Crippen LogP contribution in [0.2, 0.25) is 0 Å². The number of nitrogens with zero attached hydrogens (tertiary/aromatic N) is 6. The Morgan fingerprint density at radius 2 is 1.79 bits per heavy atom. The van der Waals surface area contributed by atoms with Crippen LogP contribution in [0, 0.1) is 0 Å². The van der Waals surface area contributed by atoms with Gasteiger partial charge < -0.3 is 10.6 Å². The van der Waals surface area contributed by atoms with Crippen LogP contribution in [0.3, 0.4) is 0 Å². The van der Waals surface area contributed by atoms with Crippen LogP contribution in [0.5, 0.6) is 0 Å². The zero-order chi connectivity index (χ0) is 20.7. The first-order valence-electron chi connectivity index (χ1n) is 9.81. The average Bonchev–Trinajstić information content (AvgIpc) is 3.48. The van der Waals surface area contributed by atoms with Gasteiger partial charge in [0.2, 0.25) is 5.95 Å². The Bertz CT molecular complexity index is 1060. The lowest BCUT2D eigenvalue weighted by Gasteiger charge is -2.27. The van der Waals surface area contributed by atoms with Gasteiger partial charge in [-0.25, -0.2) is 4.79 Å². The molecule has 0 spiro atoms. The largest absolute Gasteiger partial charge is 0.384 e. The number of Topliss-reactive ketones (excluding diaryl/α,β-unsaturated/α-hetero) is 1. The van der Waals surface area contributed by atoms with E-state index in [-0.39, 0.29) is 17.1 Å². The molecule has 2 aliphatic rings. The Morgan fingerprint density at radius 3 is 2.45 bits per heavy atom. The summed E-state index contributed by atoms with van der Waals surface area (Å²) >= 11 is 1.26. The van der Waals surface area contributed by atoms with Gasteiger partial charge in [-0.3, -0.25) is 23.3 Å². The smallest absolute Gasteiger partial charge is 0.332 e. The van der Waals surface area contributed by atoms with Gasteiger partial charge in [-0.1, -0.05) is 11.8 Å². The molecule has 1 saturated carbocycles. The van der Waals surface area contributed by atoms with E-state index in [1.165, 1.54) is 32.3 Å². The summed E-state index contributed by atoms with van der Waals surface area (Å²) in [5.41, 5.74) is 4.50. The first-order valence-corrected chi connectivity index (χ1v) is 10.8. The highest BCUT2D eigenvalue weighted by atomic mass is 32.2. The molecule has 0 radical (unpaired) electrons. The van der Waals surface area contributed by atoms with Gasteiger partial charge in [0, 0.05) is 33.2 Å². The molecule has 0 aromatic carbocycles. The first-order chi connectivity index (χ1) is 13.9. The second-order valence-electron chi connectivity index (χ2n) is 7.61. The van der Waals surface area contributed by atoms with Crippen molar-refractivity contribution < 1.29 is 4.79 Å². The number of nitrogen functional groups attached to an aromatic ring is 1. The zero-order valence-electron chi connectivity index (χ0n) is 16.6. The number of piperidine rings is 1. The van der Waals surface area contributed by atoms with Crippen LogP contribution in [0.4, 0.5) is 11.8 Å². The van der Waals surface area contributed by atoms with E-state index in [2.05, 4.69) is 19.7 Å². The fourth-order valence-corrected chi connectivity index (χ4v) is 4.53. The van der Waals surface area contributed by atoms with E-state index in [9.17, 15) is 14.4 Å². The molecule has 1 aliphatic heterocycles. The van der Waals surface area contributed by atoms with Gasteiger partial charge in [0.25, 0.3) is 5.56 Å². The van der Waals surface area contributed by atoms with E-state index in [4.69, 9.17) is 5.73 Å². The molecule has 1 saturated heterocycles. The highest BCUT2D eigenvalue weighted by Crippen LogP contribution is 2.41. The Labute approximate surface area is 171 Å². The van der Waals surface area contributed by atoms with Crippen LogP contribution < -0.4 is 21.9 Å². The number of rotatable bonds is 6. The van der Waals surface area contributed by atoms with Crippen LogP contribution in [0.25, 0.3) is 0 Å². The van der Waals surface area contributed by atoms with Crippen LogP contribution in [0.1, 0.15) is 48.5 Å². The van der Waals surface area contributed by atoms with E-state index in [1.807, 2.05) is 0 Å². The van der Waals surface area contributed by atoms with Gasteiger partial charge in [-0.2, -0.15) is 0 Å². The molecule has 2 fully saturated rings. The SMILES string of the molecule is Cn1c(N)c(C(=O)CSc2nnc(N3CCCCC3)n2C2CC2)c(=O)n(C)c1=O. The number of carbonyl (C=O) groups excluding carboxylic acids is 1. The van der Waals surface area contributed by atoms with Gasteiger partial charge in [0.05, 0.1) is 5.75 Å². The summed E-state index contributed by atoms with van der Waals surface area (Å²) in [5, 5.41) is 9.40. The molecule has 2 aromatic rings. The lowest BCUT2D eigenvalue weighted by Crippen LogP contribution is -2.41. The number of thioether (sulfide) groups is 1. The molecule has 29 heavy (non-hydrogen) atoms. The highest BCUT2D eigenvalue weighted by molar-refractivity contribution is 7.99. The number of anilines is 2. The van der Waals surface area contributed by atoms with Crippen molar-refractivity contribution in [3.05, 3.63) is 26.4 Å². The minimum Gasteiger partial charge on any atom is -0.384 e. The number of nitrogens with two attached hydrogens (primary N) is 1. The van der Waals surface area contributed by atoms with Crippen LogP contribution in [0.15, 0.2) is 14.7 Å². The van der Waals surface area contributed by atoms with Gasteiger partial charge in [0.15, 0.2) is 10.9 Å². The topological polar surface area (TPSA) is 121 Å². The van der Waals surface area contributed by atoms with Crippen molar-refractivity contribution in [3.63, 3.8) is 0 Å². The summed E-state index contributed by atoms with van der Waals surface area (Å²) in [6.45, 7) is 1.94. The quantitative estimate of drug-likeness (QED) is 0.532. The van der Waals surface area contributed by atoms with Crippen molar-refractivity contribution >= 4 is 29.3 Å². The van der Waals surface area contributed by atoms with Crippen LogP contribution in [-0.2, 0) is 14.1 Å². The fourth-order valence-electron chi connectivity index (χ4n) is 3.65. The van der Waals surface area contributed by atoms with E-state index < -0.39 is 17.0 Å². The molecule has 0 atom stereocenters. The third kappa shape index (κ3) is 3.59. The summed E-state index contributed by atoms with van der Waals surface area (Å²) in [4.78, 5) is 39.4. The predicted octanol–water partition coefficient (Wildman–Crippen LogP) is 0.558. The molecule has 3 heterocycles. The van der Waals surface area contributed by atoms with Crippen molar-refractivity contribution in [3.8, 4) is 0 Å². The maximum Gasteiger partial charge on any atom is 0.332 e. The molecule has 156 valence electrons. The molecule has 11 heteroatoms. The Hall–Kier alpha value is -2.56. The minimum atomic E-state index is -0.672. The van der Waals surface area contributed by atoms with Crippen molar-refractivity contribution in [2.75, 3.05) is 29.5 Å². The van der Waals surface area contributed by atoms with Gasteiger partial charge in [0.1, 0.15) is 11.4 Å². The van der Waals surface area contributed by atoms with E-state index >= 15 is 0 Å². The van der Waals surface area contributed by atoms with Gasteiger partial charge >= 0.3 is 5.69 Å². The van der Waals surface area contributed by atoms with Crippen molar-refractivity contribution in [1.82, 2.24) is 23.9 Å². The minimum absolute atomic E-state index is 0.00248. The Kier molecular flexibility index (Phi) is 5.24. The number of ketones is 1. The monoisotopic (exact) mass is 419 g/mol. The third-order valence-corrected chi connectivity index (χ3v) is 6.46. The second-order valence-corrected chi connectivity index (χ2v) is 8.55. The molecule has 0 unspecified atom stereocenters. The molecule has 1 aliphatic carbocycles. The van der Waals surface area contributed by atoms with Gasteiger partial charge in [-0.05, 0) is 32.1 Å². The van der Waals surface area contributed by atoms with Crippen molar-refractivity contribution in [1.29, 1.82) is 0 Å². The normalized spacial score (nSPS) is 17.0. The van der Waals surface area contributed by atoms with Crippen LogP contribution >= 0.6 is 11.8 Å². The fraction of sp³-hybridized carbons (Fsp3) is 0.611. The summed E-state index contributed by atoms with van der Waals surface area (Å²) < 4.78 is 4.14. The molecule has 4 rings (SSSR count). The molecule has 10 nitrogen and oxygen atoms in total. The Morgan fingerprint density at radius 1 is 1.10 bits per heavy atom. The lowest BCUT2D eigenvalue weighted by atomic mass is 10.1. The average molecular weight is 420 g/mol. The standard InChI is InChI=1S/C18H25N7O3S/c1-22-14(19)13(15(27)23(2)18(22)28)12(26)10-29-17-21-20-16(25(17)11-6-7-11)24-8-4-3-5-9-24/h11H,3-10,19H2,1-2H3. The molecule has 2 N–H and O–H groups in total. The molecule has 2 aromatic heterocycles. The van der Waals surface area contributed by atoms with Gasteiger partial charge in [-0.15, -0.1) is 10.2 Å². The Balaban J connectivity index is 1.57. The number of hydrogen-bond donors (Lipinski definition) is 1. The maximum absolute atomic E-state index is 12.8. The summed E-state index contributed by atoms with van der Waals surface area (Å²) in [6, 6.07) is 0.370. The number of hydrogen-bond acceptors (Lipinski definition) is 8. The molecule has 0 amide bonds. The molecular formula is C18H25N7O3S. The van der Waals surface area contributed by atoms with E-state index in [1.54, 1.807) is 0 Å². The second kappa shape index (κ2) is 7.69. The van der Waals surface area contributed by atoms with E-state index in [0.29, 0.717) is 11.2 Å². The number of carbonyl (C=O) groups is 1. The maximum atomic E-state index is 12.8. The van der Waals surface area contributed by atoms with Crippen molar-refractivity contribution in [2.24, 2.45) is 14.1 Å².